The quantitative estimate of drug-likeness (QED) is 0.863. The van der Waals surface area contributed by atoms with Gasteiger partial charge < -0.3 is 9.32 Å². The lowest BCUT2D eigenvalue weighted by molar-refractivity contribution is 0.0557. The van der Waals surface area contributed by atoms with Crippen LogP contribution in [0.15, 0.2) is 28.7 Å². The smallest absolute Gasteiger partial charge is 0.253 e. The Hall–Kier alpha value is -1.92. The molecule has 0 N–H and O–H groups in total. The maximum atomic E-state index is 12.5. The zero-order valence-electron chi connectivity index (χ0n) is 13.2. The number of carbonyl (C=O) groups is 1. The van der Waals surface area contributed by atoms with Gasteiger partial charge in [0, 0.05) is 43.7 Å². The first-order valence-electron chi connectivity index (χ1n) is 7.63. The van der Waals surface area contributed by atoms with E-state index in [1.807, 2.05) is 11.8 Å². The van der Waals surface area contributed by atoms with Crippen molar-refractivity contribution in [3.8, 4) is 0 Å². The van der Waals surface area contributed by atoms with Gasteiger partial charge in [-0.05, 0) is 25.1 Å². The van der Waals surface area contributed by atoms with Crippen LogP contribution in [-0.4, -0.2) is 52.1 Å². The summed E-state index contributed by atoms with van der Waals surface area (Å²) in [6.45, 7) is 6.71. The fourth-order valence-corrected chi connectivity index (χ4v) is 2.94. The van der Waals surface area contributed by atoms with Gasteiger partial charge in [-0.25, -0.2) is 0 Å². The van der Waals surface area contributed by atoms with Gasteiger partial charge in [-0.3, -0.25) is 9.69 Å². The van der Waals surface area contributed by atoms with Gasteiger partial charge in [-0.15, -0.1) is 10.2 Å². The Morgan fingerprint density at radius 1 is 1.26 bits per heavy atom. The van der Waals surface area contributed by atoms with Gasteiger partial charge in [-0.2, -0.15) is 0 Å². The zero-order valence-corrected chi connectivity index (χ0v) is 14.0. The lowest BCUT2D eigenvalue weighted by atomic mass is 10.1. The fraction of sp³-hybridized carbons (Fsp3) is 0.438. The number of aromatic nitrogens is 2. The van der Waals surface area contributed by atoms with Gasteiger partial charge in [0.25, 0.3) is 5.91 Å². The number of hydrogen-bond acceptors (Lipinski definition) is 5. The number of amides is 1. The third-order valence-corrected chi connectivity index (χ3v) is 4.35. The van der Waals surface area contributed by atoms with Crippen LogP contribution in [0.3, 0.4) is 0 Å². The highest BCUT2D eigenvalue weighted by Gasteiger charge is 2.27. The monoisotopic (exact) mass is 334 g/mol. The Bertz CT molecular complexity index is 695. The van der Waals surface area contributed by atoms with Crippen molar-refractivity contribution in [2.45, 2.75) is 19.9 Å². The molecule has 1 aliphatic rings. The molecular weight excluding hydrogens is 316 g/mol. The van der Waals surface area contributed by atoms with Crippen LogP contribution in [0.1, 0.15) is 35.1 Å². The van der Waals surface area contributed by atoms with Gasteiger partial charge in [0.2, 0.25) is 11.8 Å². The molecule has 2 aromatic rings. The Morgan fingerprint density at radius 3 is 2.61 bits per heavy atom. The molecule has 122 valence electrons. The number of carbonyl (C=O) groups excluding carboxylic acids is 1. The minimum absolute atomic E-state index is 0.0217. The van der Waals surface area contributed by atoms with E-state index in [4.69, 9.17) is 16.0 Å². The van der Waals surface area contributed by atoms with E-state index in [1.54, 1.807) is 31.2 Å². The van der Waals surface area contributed by atoms with E-state index in [0.717, 1.165) is 13.1 Å². The van der Waals surface area contributed by atoms with Crippen LogP contribution in [-0.2, 0) is 0 Å². The van der Waals surface area contributed by atoms with Crippen molar-refractivity contribution in [3.63, 3.8) is 0 Å². The van der Waals surface area contributed by atoms with Crippen LogP contribution in [0.25, 0.3) is 0 Å². The number of rotatable bonds is 3. The van der Waals surface area contributed by atoms with E-state index in [-0.39, 0.29) is 11.9 Å². The summed E-state index contributed by atoms with van der Waals surface area (Å²) in [6, 6.07) is 7.13. The lowest BCUT2D eigenvalue weighted by Crippen LogP contribution is -2.49. The first-order valence-corrected chi connectivity index (χ1v) is 8.01. The number of piperazine rings is 1. The van der Waals surface area contributed by atoms with E-state index in [2.05, 4.69) is 15.1 Å². The fourth-order valence-electron chi connectivity index (χ4n) is 2.75. The highest BCUT2D eigenvalue weighted by atomic mass is 35.5. The Balaban J connectivity index is 1.61. The average Bonchev–Trinajstić information content (AvgIpc) is 3.00. The Morgan fingerprint density at radius 2 is 2.00 bits per heavy atom. The molecule has 3 rings (SSSR count). The van der Waals surface area contributed by atoms with Gasteiger partial charge in [0.1, 0.15) is 0 Å². The summed E-state index contributed by atoms with van der Waals surface area (Å²) in [5, 5.41) is 8.53. The molecule has 0 spiro atoms. The van der Waals surface area contributed by atoms with Gasteiger partial charge in [0.15, 0.2) is 0 Å². The summed E-state index contributed by atoms with van der Waals surface area (Å²) >= 11 is 5.96. The summed E-state index contributed by atoms with van der Waals surface area (Å²) < 4.78 is 5.50. The third-order valence-electron chi connectivity index (χ3n) is 4.12. The number of hydrogen-bond donors (Lipinski definition) is 0. The number of aryl methyl sites for hydroxylation is 1. The van der Waals surface area contributed by atoms with Crippen molar-refractivity contribution in [2.24, 2.45) is 0 Å². The van der Waals surface area contributed by atoms with Gasteiger partial charge in [0.05, 0.1) is 6.04 Å². The predicted molar refractivity (Wildman–Crippen MR) is 86.4 cm³/mol. The van der Waals surface area contributed by atoms with Crippen molar-refractivity contribution in [1.82, 2.24) is 20.0 Å². The molecule has 0 bridgehead atoms. The predicted octanol–water partition coefficient (Wildman–Crippen LogP) is 2.55. The molecule has 1 aromatic carbocycles. The molecule has 1 fully saturated rings. The van der Waals surface area contributed by atoms with Crippen molar-refractivity contribution >= 4 is 17.5 Å². The Labute approximate surface area is 140 Å². The van der Waals surface area contributed by atoms with Crippen LogP contribution in [0, 0.1) is 6.92 Å². The van der Waals surface area contributed by atoms with Crippen LogP contribution in [0.2, 0.25) is 5.02 Å². The van der Waals surface area contributed by atoms with Crippen LogP contribution >= 0.6 is 11.6 Å². The maximum absolute atomic E-state index is 12.5. The van der Waals surface area contributed by atoms with Crippen molar-refractivity contribution in [2.75, 3.05) is 26.2 Å². The van der Waals surface area contributed by atoms with E-state index >= 15 is 0 Å². The second kappa shape index (κ2) is 6.68. The lowest BCUT2D eigenvalue weighted by Gasteiger charge is -2.36. The SMILES string of the molecule is Cc1nnc(C(C)N2CCN(C(=O)c3cccc(Cl)c3)CC2)o1. The molecule has 0 aliphatic carbocycles. The first-order chi connectivity index (χ1) is 11.0. The summed E-state index contributed by atoms with van der Waals surface area (Å²) in [7, 11) is 0. The van der Waals surface area contributed by atoms with Crippen LogP contribution < -0.4 is 0 Å². The van der Waals surface area contributed by atoms with E-state index in [0.29, 0.717) is 35.5 Å². The Kier molecular flexibility index (Phi) is 4.63. The number of benzene rings is 1. The zero-order chi connectivity index (χ0) is 16.4. The van der Waals surface area contributed by atoms with E-state index in [9.17, 15) is 4.79 Å². The minimum atomic E-state index is 0.0217. The molecule has 7 heteroatoms. The molecule has 2 heterocycles. The van der Waals surface area contributed by atoms with Gasteiger partial charge in [-0.1, -0.05) is 17.7 Å². The summed E-state index contributed by atoms with van der Waals surface area (Å²) in [6.07, 6.45) is 0. The van der Waals surface area contributed by atoms with Crippen LogP contribution in [0.5, 0.6) is 0 Å². The first kappa shape index (κ1) is 16.0. The van der Waals surface area contributed by atoms with Gasteiger partial charge >= 0.3 is 0 Å². The molecule has 1 amide bonds. The molecule has 0 saturated carbocycles. The molecular formula is C16H19ClN4O2. The van der Waals surface area contributed by atoms with Crippen LogP contribution in [0.4, 0.5) is 0 Å². The third kappa shape index (κ3) is 3.54. The molecule has 23 heavy (non-hydrogen) atoms. The maximum Gasteiger partial charge on any atom is 0.253 e. The summed E-state index contributed by atoms with van der Waals surface area (Å²) in [5.74, 6) is 1.21. The highest BCUT2D eigenvalue weighted by molar-refractivity contribution is 6.30. The standard InChI is InChI=1S/C16H19ClN4O2/c1-11(15-19-18-12(2)23-15)20-6-8-21(9-7-20)16(22)13-4-3-5-14(17)10-13/h3-5,10-11H,6-9H2,1-2H3. The molecule has 1 unspecified atom stereocenters. The van der Waals surface area contributed by atoms with Crippen molar-refractivity contribution < 1.29 is 9.21 Å². The molecule has 1 aromatic heterocycles. The van der Waals surface area contributed by atoms with E-state index < -0.39 is 0 Å². The highest BCUT2D eigenvalue weighted by Crippen LogP contribution is 2.21. The van der Waals surface area contributed by atoms with Crippen molar-refractivity contribution in [1.29, 1.82) is 0 Å². The molecule has 1 saturated heterocycles. The second-order valence-corrected chi connectivity index (χ2v) is 6.11. The second-order valence-electron chi connectivity index (χ2n) is 5.67. The summed E-state index contributed by atoms with van der Waals surface area (Å²) in [4.78, 5) is 16.6. The molecule has 0 radical (unpaired) electrons. The van der Waals surface area contributed by atoms with Crippen molar-refractivity contribution in [3.05, 3.63) is 46.6 Å². The van der Waals surface area contributed by atoms with E-state index in [1.165, 1.54) is 0 Å². The topological polar surface area (TPSA) is 62.5 Å². The minimum Gasteiger partial charge on any atom is -0.424 e. The summed E-state index contributed by atoms with van der Waals surface area (Å²) in [5.41, 5.74) is 0.631. The average molecular weight is 335 g/mol. The number of halogens is 1. The molecule has 1 atom stereocenters. The molecule has 1 aliphatic heterocycles. The largest absolute Gasteiger partial charge is 0.424 e. The molecule has 6 nitrogen and oxygen atoms in total. The normalized spacial score (nSPS) is 17.3. The number of nitrogens with zero attached hydrogens (tertiary/aromatic N) is 4.